The van der Waals surface area contributed by atoms with E-state index in [1.165, 1.54) is 5.56 Å². The molecule has 1 saturated carbocycles. The van der Waals surface area contributed by atoms with Gasteiger partial charge in [0.05, 0.1) is 25.6 Å². The van der Waals surface area contributed by atoms with E-state index in [-0.39, 0.29) is 5.91 Å². The molecule has 0 bridgehead atoms. The lowest BCUT2D eigenvalue weighted by atomic mass is 10.2. The Balaban J connectivity index is 1.70. The van der Waals surface area contributed by atoms with Crippen LogP contribution in [0.15, 0.2) is 41.1 Å². The molecule has 1 aromatic heterocycles. The minimum Gasteiger partial charge on any atom is -0.494 e. The molecule has 1 amide bonds. The zero-order chi connectivity index (χ0) is 19.1. The minimum atomic E-state index is 0.0385. The summed E-state index contributed by atoms with van der Waals surface area (Å²) in [4.78, 5) is 17.1. The van der Waals surface area contributed by atoms with Crippen LogP contribution >= 0.6 is 11.3 Å². The second-order valence-electron chi connectivity index (χ2n) is 6.65. The van der Waals surface area contributed by atoms with Gasteiger partial charge in [0.1, 0.15) is 5.75 Å². The molecular weight excluding hydrogens is 358 g/mol. The number of nitriles is 1. The van der Waals surface area contributed by atoms with Crippen molar-refractivity contribution in [2.45, 2.75) is 38.8 Å². The molecule has 6 heteroatoms. The number of carbonyl (C=O) groups is 1. The molecule has 0 saturated heterocycles. The second kappa shape index (κ2) is 9.54. The number of nitrogens with zero attached hydrogens (tertiary/aromatic N) is 3. The molecule has 1 fully saturated rings. The van der Waals surface area contributed by atoms with Gasteiger partial charge >= 0.3 is 0 Å². The lowest BCUT2D eigenvalue weighted by Gasteiger charge is -2.27. The smallest absolute Gasteiger partial charge is 0.241 e. The van der Waals surface area contributed by atoms with Crippen LogP contribution in [0.3, 0.4) is 0 Å². The standard InChI is InChI=1S/C21H25N3O2S/c1-2-26-20-8-6-19(7-9-20)24(12-3-11-22)21(25)15-23(18-4-5-18)14-17-10-13-27-16-17/h6-10,13,16,18H,2-5,12,14-15H2,1H3. The first-order valence-corrected chi connectivity index (χ1v) is 10.3. The lowest BCUT2D eigenvalue weighted by molar-refractivity contribution is -0.120. The molecule has 0 aliphatic heterocycles. The highest BCUT2D eigenvalue weighted by Gasteiger charge is 2.31. The molecule has 142 valence electrons. The van der Waals surface area contributed by atoms with Gasteiger partial charge in [0.25, 0.3) is 0 Å². The Morgan fingerprint density at radius 3 is 2.67 bits per heavy atom. The average molecular weight is 384 g/mol. The number of hydrogen-bond acceptors (Lipinski definition) is 5. The second-order valence-corrected chi connectivity index (χ2v) is 7.43. The highest BCUT2D eigenvalue weighted by Crippen LogP contribution is 2.29. The summed E-state index contributed by atoms with van der Waals surface area (Å²) in [6, 6.07) is 12.3. The first-order chi connectivity index (χ1) is 13.2. The van der Waals surface area contributed by atoms with Crippen molar-refractivity contribution < 1.29 is 9.53 Å². The van der Waals surface area contributed by atoms with Gasteiger partial charge in [0.15, 0.2) is 0 Å². The summed E-state index contributed by atoms with van der Waals surface area (Å²) in [5.74, 6) is 0.822. The third-order valence-corrected chi connectivity index (χ3v) is 5.31. The van der Waals surface area contributed by atoms with Crippen molar-refractivity contribution in [1.29, 1.82) is 5.26 Å². The van der Waals surface area contributed by atoms with Crippen LogP contribution in [0, 0.1) is 11.3 Å². The molecule has 3 rings (SSSR count). The fraction of sp³-hybridized carbons (Fsp3) is 0.429. The van der Waals surface area contributed by atoms with Gasteiger partial charge in [-0.2, -0.15) is 16.6 Å². The molecule has 1 heterocycles. The van der Waals surface area contributed by atoms with Gasteiger partial charge in [-0.3, -0.25) is 9.69 Å². The first-order valence-electron chi connectivity index (χ1n) is 9.36. The van der Waals surface area contributed by atoms with Crippen LogP contribution in [0.25, 0.3) is 0 Å². The third-order valence-electron chi connectivity index (χ3n) is 4.58. The van der Waals surface area contributed by atoms with Crippen molar-refractivity contribution in [3.8, 4) is 11.8 Å². The summed E-state index contributed by atoms with van der Waals surface area (Å²) in [6.07, 6.45) is 2.62. The fourth-order valence-electron chi connectivity index (χ4n) is 3.08. The van der Waals surface area contributed by atoms with Crippen LogP contribution in [0.2, 0.25) is 0 Å². The highest BCUT2D eigenvalue weighted by atomic mass is 32.1. The number of ether oxygens (including phenoxy) is 1. The normalized spacial score (nSPS) is 13.4. The molecule has 1 aromatic carbocycles. The van der Waals surface area contributed by atoms with Gasteiger partial charge in [-0.1, -0.05) is 0 Å². The molecular formula is C21H25N3O2S. The Bertz CT molecular complexity index is 764. The molecule has 0 N–H and O–H groups in total. The Morgan fingerprint density at radius 1 is 1.30 bits per heavy atom. The summed E-state index contributed by atoms with van der Waals surface area (Å²) in [5.41, 5.74) is 2.06. The third kappa shape index (κ3) is 5.56. The highest BCUT2D eigenvalue weighted by molar-refractivity contribution is 7.07. The average Bonchev–Trinajstić information content (AvgIpc) is 3.40. The molecule has 0 unspecified atom stereocenters. The van der Waals surface area contributed by atoms with E-state index in [1.54, 1.807) is 16.2 Å². The van der Waals surface area contributed by atoms with Gasteiger partial charge in [-0.15, -0.1) is 0 Å². The molecule has 0 atom stereocenters. The van der Waals surface area contributed by atoms with Gasteiger partial charge < -0.3 is 9.64 Å². The molecule has 5 nitrogen and oxygen atoms in total. The Kier molecular flexibility index (Phi) is 6.86. The Hall–Kier alpha value is -2.36. The maximum absolute atomic E-state index is 13.1. The van der Waals surface area contributed by atoms with Crippen molar-refractivity contribution in [1.82, 2.24) is 4.90 Å². The number of rotatable bonds is 10. The Morgan fingerprint density at radius 2 is 2.07 bits per heavy atom. The minimum absolute atomic E-state index is 0.0385. The van der Waals surface area contributed by atoms with Gasteiger partial charge in [-0.25, -0.2) is 0 Å². The van der Waals surface area contributed by atoms with Crippen molar-refractivity contribution in [2.24, 2.45) is 0 Å². The quantitative estimate of drug-likeness (QED) is 0.621. The predicted molar refractivity (Wildman–Crippen MR) is 108 cm³/mol. The van der Waals surface area contributed by atoms with E-state index in [9.17, 15) is 4.79 Å². The van der Waals surface area contributed by atoms with Crippen molar-refractivity contribution in [3.05, 3.63) is 46.7 Å². The van der Waals surface area contributed by atoms with Gasteiger partial charge in [0.2, 0.25) is 5.91 Å². The van der Waals surface area contributed by atoms with Gasteiger partial charge in [-0.05, 0) is 66.4 Å². The molecule has 0 radical (unpaired) electrons. The SMILES string of the molecule is CCOc1ccc(N(CCC#N)C(=O)CN(Cc2ccsc2)C2CC2)cc1. The summed E-state index contributed by atoms with van der Waals surface area (Å²) in [5, 5.41) is 13.2. The largest absolute Gasteiger partial charge is 0.494 e. The van der Waals surface area contributed by atoms with Crippen molar-refractivity contribution in [2.75, 3.05) is 24.6 Å². The van der Waals surface area contributed by atoms with E-state index >= 15 is 0 Å². The van der Waals surface area contributed by atoms with E-state index < -0.39 is 0 Å². The van der Waals surface area contributed by atoms with Crippen LogP contribution < -0.4 is 9.64 Å². The predicted octanol–water partition coefficient (Wildman–Crippen LogP) is 4.06. The molecule has 0 spiro atoms. The number of thiophene rings is 1. The van der Waals surface area contributed by atoms with Crippen LogP contribution in [0.5, 0.6) is 5.75 Å². The number of benzene rings is 1. The van der Waals surface area contributed by atoms with Crippen LogP contribution in [0.4, 0.5) is 5.69 Å². The summed E-state index contributed by atoms with van der Waals surface area (Å²) in [6.45, 7) is 4.13. The van der Waals surface area contributed by atoms with E-state index in [4.69, 9.17) is 10.00 Å². The zero-order valence-corrected chi connectivity index (χ0v) is 16.5. The number of hydrogen-bond donors (Lipinski definition) is 0. The van der Waals surface area contributed by atoms with Crippen molar-refractivity contribution >= 4 is 22.9 Å². The molecule has 1 aliphatic carbocycles. The molecule has 2 aromatic rings. The summed E-state index contributed by atoms with van der Waals surface area (Å²) >= 11 is 1.68. The zero-order valence-electron chi connectivity index (χ0n) is 15.6. The van der Waals surface area contributed by atoms with Crippen LogP contribution in [0.1, 0.15) is 31.7 Å². The topological polar surface area (TPSA) is 56.6 Å². The number of amides is 1. The van der Waals surface area contributed by atoms with Crippen LogP contribution in [-0.2, 0) is 11.3 Å². The number of anilines is 1. The van der Waals surface area contributed by atoms with Crippen molar-refractivity contribution in [3.63, 3.8) is 0 Å². The van der Waals surface area contributed by atoms with E-state index in [1.807, 2.05) is 31.2 Å². The number of carbonyl (C=O) groups excluding carboxylic acids is 1. The van der Waals surface area contributed by atoms with E-state index in [0.29, 0.717) is 32.2 Å². The monoisotopic (exact) mass is 383 g/mol. The molecule has 27 heavy (non-hydrogen) atoms. The van der Waals surface area contributed by atoms with E-state index in [2.05, 4.69) is 27.8 Å². The van der Waals surface area contributed by atoms with Crippen LogP contribution in [-0.4, -0.2) is 36.5 Å². The summed E-state index contributed by atoms with van der Waals surface area (Å²) in [7, 11) is 0. The maximum Gasteiger partial charge on any atom is 0.241 e. The lowest BCUT2D eigenvalue weighted by Crippen LogP contribution is -2.41. The maximum atomic E-state index is 13.1. The summed E-state index contributed by atoms with van der Waals surface area (Å²) < 4.78 is 5.48. The fourth-order valence-corrected chi connectivity index (χ4v) is 3.74. The van der Waals surface area contributed by atoms with E-state index in [0.717, 1.165) is 30.8 Å². The first kappa shape index (κ1) is 19.4. The Labute approximate surface area is 164 Å². The molecule has 1 aliphatic rings. The van der Waals surface area contributed by atoms with Gasteiger partial charge in [0, 0.05) is 24.8 Å².